The summed E-state index contributed by atoms with van der Waals surface area (Å²) in [6.45, 7) is 4.23. The number of ether oxygens (including phenoxy) is 1. The SMILES string of the molecule is CCC(C)c1ccc(OC(=O)/C=C/C(=O)O)cc1. The quantitative estimate of drug-likeness (QED) is 0.494. The molecule has 1 aromatic rings. The number of hydrogen-bond acceptors (Lipinski definition) is 3. The van der Waals surface area contributed by atoms with Crippen LogP contribution in [0.1, 0.15) is 31.7 Å². The van der Waals surface area contributed by atoms with Crippen molar-refractivity contribution in [2.45, 2.75) is 26.2 Å². The number of rotatable bonds is 5. The molecule has 0 aromatic heterocycles. The molecule has 18 heavy (non-hydrogen) atoms. The molecule has 1 aromatic carbocycles. The van der Waals surface area contributed by atoms with E-state index >= 15 is 0 Å². The average Bonchev–Trinajstić information content (AvgIpc) is 2.36. The van der Waals surface area contributed by atoms with Crippen LogP contribution >= 0.6 is 0 Å². The number of aliphatic carboxylic acids is 1. The first-order valence-electron chi connectivity index (χ1n) is 5.75. The van der Waals surface area contributed by atoms with Crippen LogP contribution in [0.3, 0.4) is 0 Å². The zero-order valence-corrected chi connectivity index (χ0v) is 10.4. The summed E-state index contributed by atoms with van der Waals surface area (Å²) in [7, 11) is 0. The summed E-state index contributed by atoms with van der Waals surface area (Å²) in [6.07, 6.45) is 2.67. The highest BCUT2D eigenvalue weighted by Gasteiger charge is 2.04. The molecule has 0 aliphatic heterocycles. The Labute approximate surface area is 106 Å². The summed E-state index contributed by atoms with van der Waals surface area (Å²) < 4.78 is 4.94. The third kappa shape index (κ3) is 4.41. The van der Waals surface area contributed by atoms with Crippen molar-refractivity contribution in [1.29, 1.82) is 0 Å². The van der Waals surface area contributed by atoms with Crippen LogP contribution in [0, 0.1) is 0 Å². The van der Waals surface area contributed by atoms with E-state index in [0.717, 1.165) is 18.6 Å². The number of esters is 1. The van der Waals surface area contributed by atoms with E-state index in [1.165, 1.54) is 5.56 Å². The van der Waals surface area contributed by atoms with Crippen molar-refractivity contribution < 1.29 is 19.4 Å². The first kappa shape index (κ1) is 14.0. The van der Waals surface area contributed by atoms with Gasteiger partial charge >= 0.3 is 11.9 Å². The molecule has 1 unspecified atom stereocenters. The van der Waals surface area contributed by atoms with Crippen molar-refractivity contribution in [3.8, 4) is 5.75 Å². The van der Waals surface area contributed by atoms with Crippen LogP contribution < -0.4 is 4.74 Å². The second-order valence-corrected chi connectivity index (χ2v) is 3.97. The topological polar surface area (TPSA) is 63.6 Å². The summed E-state index contributed by atoms with van der Waals surface area (Å²) in [5.41, 5.74) is 1.18. The highest BCUT2D eigenvalue weighted by atomic mass is 16.5. The second kappa shape index (κ2) is 6.59. The van der Waals surface area contributed by atoms with Gasteiger partial charge in [0.05, 0.1) is 0 Å². The van der Waals surface area contributed by atoms with Gasteiger partial charge in [0.1, 0.15) is 5.75 Å². The third-order valence-corrected chi connectivity index (χ3v) is 2.64. The highest BCUT2D eigenvalue weighted by molar-refractivity contribution is 5.91. The average molecular weight is 248 g/mol. The molecule has 96 valence electrons. The lowest BCUT2D eigenvalue weighted by atomic mass is 9.99. The Bertz CT molecular complexity index is 445. The Hall–Kier alpha value is -2.10. The van der Waals surface area contributed by atoms with E-state index in [1.54, 1.807) is 12.1 Å². The summed E-state index contributed by atoms with van der Waals surface area (Å²) >= 11 is 0. The van der Waals surface area contributed by atoms with Crippen molar-refractivity contribution >= 4 is 11.9 Å². The van der Waals surface area contributed by atoms with Crippen LogP contribution in [-0.2, 0) is 9.59 Å². The molecule has 0 saturated heterocycles. The predicted octanol–water partition coefficient (Wildman–Crippen LogP) is 2.75. The van der Waals surface area contributed by atoms with Crippen molar-refractivity contribution in [2.24, 2.45) is 0 Å². The summed E-state index contributed by atoms with van der Waals surface area (Å²) in [5.74, 6) is -1.02. The molecular formula is C14H16O4. The minimum absolute atomic E-state index is 0.405. The number of carbonyl (C=O) groups excluding carboxylic acids is 1. The van der Waals surface area contributed by atoms with Gasteiger partial charge in [-0.15, -0.1) is 0 Å². The van der Waals surface area contributed by atoms with Crippen molar-refractivity contribution in [2.75, 3.05) is 0 Å². The maximum absolute atomic E-state index is 11.2. The largest absolute Gasteiger partial charge is 0.478 e. The van der Waals surface area contributed by atoms with Gasteiger partial charge in [-0.25, -0.2) is 9.59 Å². The lowest BCUT2D eigenvalue weighted by molar-refractivity contribution is -0.133. The van der Waals surface area contributed by atoms with Gasteiger partial charge in [-0.1, -0.05) is 26.0 Å². The van der Waals surface area contributed by atoms with Gasteiger partial charge in [0.15, 0.2) is 0 Å². The minimum Gasteiger partial charge on any atom is -0.478 e. The van der Waals surface area contributed by atoms with Gasteiger partial charge < -0.3 is 9.84 Å². The molecule has 4 nitrogen and oxygen atoms in total. The van der Waals surface area contributed by atoms with E-state index in [4.69, 9.17) is 9.84 Å². The lowest BCUT2D eigenvalue weighted by Crippen LogP contribution is -2.05. The monoisotopic (exact) mass is 248 g/mol. The van der Waals surface area contributed by atoms with E-state index in [-0.39, 0.29) is 0 Å². The Balaban J connectivity index is 2.64. The van der Waals surface area contributed by atoms with Crippen LogP contribution in [0.5, 0.6) is 5.75 Å². The fourth-order valence-corrected chi connectivity index (χ4v) is 1.39. The molecule has 0 fully saturated rings. The van der Waals surface area contributed by atoms with Gasteiger partial charge in [-0.05, 0) is 30.0 Å². The Morgan fingerprint density at radius 1 is 1.28 bits per heavy atom. The Morgan fingerprint density at radius 3 is 2.39 bits per heavy atom. The lowest BCUT2D eigenvalue weighted by Gasteiger charge is -2.09. The van der Waals surface area contributed by atoms with E-state index < -0.39 is 11.9 Å². The molecule has 1 atom stereocenters. The highest BCUT2D eigenvalue weighted by Crippen LogP contribution is 2.21. The molecule has 0 heterocycles. The summed E-state index contributed by atoms with van der Waals surface area (Å²) in [6, 6.07) is 7.21. The number of hydrogen-bond donors (Lipinski definition) is 1. The van der Waals surface area contributed by atoms with Crippen LogP contribution in [-0.4, -0.2) is 17.0 Å². The van der Waals surface area contributed by atoms with E-state index in [9.17, 15) is 9.59 Å². The molecule has 0 radical (unpaired) electrons. The summed E-state index contributed by atoms with van der Waals surface area (Å²) in [5, 5.41) is 8.36. The smallest absolute Gasteiger partial charge is 0.336 e. The number of carboxylic acid groups (broad SMARTS) is 1. The third-order valence-electron chi connectivity index (χ3n) is 2.64. The molecule has 0 aliphatic carbocycles. The first-order valence-corrected chi connectivity index (χ1v) is 5.75. The summed E-state index contributed by atoms with van der Waals surface area (Å²) in [4.78, 5) is 21.4. The zero-order valence-electron chi connectivity index (χ0n) is 10.4. The molecule has 0 saturated carbocycles. The molecule has 0 spiro atoms. The molecule has 1 N–H and O–H groups in total. The fraction of sp³-hybridized carbons (Fsp3) is 0.286. The van der Waals surface area contributed by atoms with Gasteiger partial charge in [-0.3, -0.25) is 0 Å². The van der Waals surface area contributed by atoms with Crippen molar-refractivity contribution in [3.63, 3.8) is 0 Å². The van der Waals surface area contributed by atoms with E-state index in [2.05, 4.69) is 13.8 Å². The van der Waals surface area contributed by atoms with Crippen LogP contribution in [0.25, 0.3) is 0 Å². The second-order valence-electron chi connectivity index (χ2n) is 3.97. The Morgan fingerprint density at radius 2 is 1.89 bits per heavy atom. The number of benzene rings is 1. The molecule has 0 bridgehead atoms. The molecule has 0 aliphatic rings. The van der Waals surface area contributed by atoms with E-state index in [0.29, 0.717) is 11.7 Å². The van der Waals surface area contributed by atoms with Gasteiger partial charge in [0, 0.05) is 12.2 Å². The van der Waals surface area contributed by atoms with Gasteiger partial charge in [0.25, 0.3) is 0 Å². The van der Waals surface area contributed by atoms with Crippen LogP contribution in [0.15, 0.2) is 36.4 Å². The number of carbonyl (C=O) groups is 2. The van der Waals surface area contributed by atoms with Crippen LogP contribution in [0.2, 0.25) is 0 Å². The van der Waals surface area contributed by atoms with Crippen LogP contribution in [0.4, 0.5) is 0 Å². The minimum atomic E-state index is -1.18. The van der Waals surface area contributed by atoms with Gasteiger partial charge in [-0.2, -0.15) is 0 Å². The maximum atomic E-state index is 11.2. The van der Waals surface area contributed by atoms with Crippen molar-refractivity contribution in [1.82, 2.24) is 0 Å². The number of carboxylic acids is 1. The maximum Gasteiger partial charge on any atom is 0.336 e. The van der Waals surface area contributed by atoms with E-state index in [1.807, 2.05) is 12.1 Å². The molecule has 0 amide bonds. The predicted molar refractivity (Wildman–Crippen MR) is 67.6 cm³/mol. The normalized spacial score (nSPS) is 12.3. The zero-order chi connectivity index (χ0) is 13.5. The van der Waals surface area contributed by atoms with Crippen molar-refractivity contribution in [3.05, 3.63) is 42.0 Å². The fourth-order valence-electron chi connectivity index (χ4n) is 1.39. The first-order chi connectivity index (χ1) is 8.52. The molecular weight excluding hydrogens is 232 g/mol. The molecule has 4 heteroatoms. The molecule has 1 rings (SSSR count). The Kier molecular flexibility index (Phi) is 5.11. The standard InChI is InChI=1S/C14H16O4/c1-3-10(2)11-4-6-12(7-5-11)18-14(17)9-8-13(15)16/h4-10H,3H2,1-2H3,(H,15,16)/b9-8+. The van der Waals surface area contributed by atoms with Gasteiger partial charge in [0.2, 0.25) is 0 Å².